The van der Waals surface area contributed by atoms with E-state index in [4.69, 9.17) is 4.52 Å². The highest BCUT2D eigenvalue weighted by Gasteiger charge is 2.16. The van der Waals surface area contributed by atoms with Gasteiger partial charge in [0.1, 0.15) is 11.5 Å². The Morgan fingerprint density at radius 1 is 1.37 bits per heavy atom. The molecule has 0 aliphatic heterocycles. The van der Waals surface area contributed by atoms with Crippen molar-refractivity contribution in [3.8, 4) is 0 Å². The number of amides is 1. The van der Waals surface area contributed by atoms with Crippen LogP contribution in [0.4, 0.5) is 0 Å². The topological polar surface area (TPSA) is 46.3 Å². The van der Waals surface area contributed by atoms with Crippen molar-refractivity contribution in [1.82, 2.24) is 10.1 Å². The third kappa shape index (κ3) is 3.45. The van der Waals surface area contributed by atoms with Gasteiger partial charge in [0.25, 0.3) is 5.91 Å². The summed E-state index contributed by atoms with van der Waals surface area (Å²) in [5.41, 5.74) is 1.35. The number of halogens is 2. The molecule has 1 amide bonds. The Hall–Kier alpha value is -1.14. The minimum atomic E-state index is -0.0694. The predicted molar refractivity (Wildman–Crippen MR) is 78.9 cm³/mol. The van der Waals surface area contributed by atoms with Crippen molar-refractivity contribution in [2.45, 2.75) is 13.5 Å². The summed E-state index contributed by atoms with van der Waals surface area (Å²) in [4.78, 5) is 13.9. The zero-order valence-corrected chi connectivity index (χ0v) is 13.7. The summed E-state index contributed by atoms with van der Waals surface area (Å²) in [5, 5.41) is 3.88. The molecule has 6 heteroatoms. The molecule has 0 bridgehead atoms. The van der Waals surface area contributed by atoms with Gasteiger partial charge >= 0.3 is 0 Å². The lowest BCUT2D eigenvalue weighted by molar-refractivity contribution is 0.0781. The highest BCUT2D eigenvalue weighted by Crippen LogP contribution is 2.23. The van der Waals surface area contributed by atoms with Gasteiger partial charge in [0.15, 0.2) is 0 Å². The van der Waals surface area contributed by atoms with Crippen molar-refractivity contribution in [3.63, 3.8) is 0 Å². The Morgan fingerprint density at radius 2 is 2.11 bits per heavy atom. The number of aryl methyl sites for hydroxylation is 1. The van der Waals surface area contributed by atoms with E-state index in [1.807, 2.05) is 25.1 Å². The molecule has 0 atom stereocenters. The molecule has 1 heterocycles. The first-order valence-electron chi connectivity index (χ1n) is 5.60. The van der Waals surface area contributed by atoms with Gasteiger partial charge in [-0.3, -0.25) is 4.79 Å². The average Bonchev–Trinajstić information content (AvgIpc) is 2.74. The summed E-state index contributed by atoms with van der Waals surface area (Å²) < 4.78 is 6.67. The molecule has 19 heavy (non-hydrogen) atoms. The van der Waals surface area contributed by atoms with Crippen LogP contribution in [0, 0.1) is 6.92 Å². The number of hydrogen-bond acceptors (Lipinski definition) is 3. The van der Waals surface area contributed by atoms with E-state index in [1.165, 1.54) is 0 Å². The number of carbonyl (C=O) groups excluding carboxylic acids is 1. The lowest BCUT2D eigenvalue weighted by atomic mass is 10.2. The fourth-order valence-electron chi connectivity index (χ4n) is 1.68. The molecular weight excluding hydrogens is 376 g/mol. The summed E-state index contributed by atoms with van der Waals surface area (Å²) in [7, 11) is 1.74. The first-order valence-corrected chi connectivity index (χ1v) is 7.18. The van der Waals surface area contributed by atoms with E-state index in [-0.39, 0.29) is 5.91 Å². The van der Waals surface area contributed by atoms with E-state index in [0.717, 1.165) is 20.4 Å². The van der Waals surface area contributed by atoms with Gasteiger partial charge in [0.2, 0.25) is 0 Å². The average molecular weight is 388 g/mol. The van der Waals surface area contributed by atoms with Crippen molar-refractivity contribution < 1.29 is 9.32 Å². The van der Waals surface area contributed by atoms with Gasteiger partial charge in [-0.2, -0.15) is 0 Å². The smallest absolute Gasteiger partial charge is 0.255 e. The number of hydrogen-bond donors (Lipinski definition) is 0. The summed E-state index contributed by atoms with van der Waals surface area (Å²) >= 11 is 6.76. The maximum atomic E-state index is 12.3. The second-order valence-electron chi connectivity index (χ2n) is 4.21. The van der Waals surface area contributed by atoms with Crippen LogP contribution in [0.15, 0.2) is 37.7 Å². The normalized spacial score (nSPS) is 10.5. The number of rotatable bonds is 3. The van der Waals surface area contributed by atoms with Crippen molar-refractivity contribution in [2.75, 3.05) is 7.05 Å². The zero-order chi connectivity index (χ0) is 14.0. The number of carbonyl (C=O) groups is 1. The fraction of sp³-hybridized carbons (Fsp3) is 0.231. The van der Waals surface area contributed by atoms with Crippen LogP contribution >= 0.6 is 31.9 Å². The molecule has 0 fully saturated rings. The molecule has 0 N–H and O–H groups in total. The van der Waals surface area contributed by atoms with Gasteiger partial charge in [-0.05, 0) is 41.1 Å². The van der Waals surface area contributed by atoms with Gasteiger partial charge < -0.3 is 9.42 Å². The Bertz CT molecular complexity index is 610. The largest absolute Gasteiger partial charge is 0.361 e. The van der Waals surface area contributed by atoms with Gasteiger partial charge in [-0.1, -0.05) is 21.1 Å². The third-order valence-corrected chi connectivity index (χ3v) is 3.73. The number of benzene rings is 1. The van der Waals surface area contributed by atoms with Crippen LogP contribution in [-0.2, 0) is 6.54 Å². The molecule has 0 saturated heterocycles. The number of nitrogens with zero attached hydrogens (tertiary/aromatic N) is 2. The monoisotopic (exact) mass is 386 g/mol. The van der Waals surface area contributed by atoms with Crippen LogP contribution in [0.5, 0.6) is 0 Å². The second kappa shape index (κ2) is 5.88. The van der Waals surface area contributed by atoms with Crippen LogP contribution in [0.25, 0.3) is 0 Å². The van der Waals surface area contributed by atoms with E-state index >= 15 is 0 Å². The standard InChI is InChI=1S/C13H12Br2N2O2/c1-8-5-10(16-19-8)7-17(2)13(18)11-4-3-9(14)6-12(11)15/h3-6H,7H2,1-2H3. The van der Waals surface area contributed by atoms with Gasteiger partial charge in [0, 0.05) is 22.1 Å². The van der Waals surface area contributed by atoms with E-state index in [0.29, 0.717) is 12.1 Å². The zero-order valence-electron chi connectivity index (χ0n) is 10.5. The Morgan fingerprint density at radius 3 is 2.68 bits per heavy atom. The van der Waals surface area contributed by atoms with E-state index in [1.54, 1.807) is 18.0 Å². The molecule has 2 rings (SSSR count). The summed E-state index contributed by atoms with van der Waals surface area (Å²) in [6.45, 7) is 2.24. The van der Waals surface area contributed by atoms with E-state index in [2.05, 4.69) is 37.0 Å². The van der Waals surface area contributed by atoms with Crippen LogP contribution in [0.2, 0.25) is 0 Å². The molecule has 1 aromatic heterocycles. The molecule has 100 valence electrons. The molecule has 0 spiro atoms. The van der Waals surface area contributed by atoms with Gasteiger partial charge in [-0.25, -0.2) is 0 Å². The van der Waals surface area contributed by atoms with Crippen LogP contribution in [0.1, 0.15) is 21.8 Å². The quantitative estimate of drug-likeness (QED) is 0.804. The Balaban J connectivity index is 2.14. The highest BCUT2D eigenvalue weighted by atomic mass is 79.9. The first kappa shape index (κ1) is 14.3. The maximum absolute atomic E-state index is 12.3. The van der Waals surface area contributed by atoms with Crippen molar-refractivity contribution >= 4 is 37.8 Å². The SMILES string of the molecule is Cc1cc(CN(C)C(=O)c2ccc(Br)cc2Br)no1. The molecule has 0 radical (unpaired) electrons. The molecule has 4 nitrogen and oxygen atoms in total. The molecule has 2 aromatic rings. The van der Waals surface area contributed by atoms with Crippen LogP contribution in [0.3, 0.4) is 0 Å². The van der Waals surface area contributed by atoms with Crippen LogP contribution in [-0.4, -0.2) is 23.0 Å². The molecule has 0 unspecified atom stereocenters. The minimum absolute atomic E-state index is 0.0694. The Kier molecular flexibility index (Phi) is 4.42. The number of aromatic nitrogens is 1. The molecular formula is C13H12Br2N2O2. The molecule has 1 aromatic carbocycles. The lowest BCUT2D eigenvalue weighted by Crippen LogP contribution is -2.26. The predicted octanol–water partition coefficient (Wildman–Crippen LogP) is 3.78. The fourth-order valence-corrected chi connectivity index (χ4v) is 2.89. The Labute approximate surface area is 128 Å². The molecule has 0 saturated carbocycles. The van der Waals surface area contributed by atoms with E-state index in [9.17, 15) is 4.79 Å². The second-order valence-corrected chi connectivity index (χ2v) is 5.98. The summed E-state index contributed by atoms with van der Waals surface area (Å²) in [6.07, 6.45) is 0. The first-order chi connectivity index (χ1) is 8.97. The van der Waals surface area contributed by atoms with Crippen molar-refractivity contribution in [3.05, 3.63) is 50.2 Å². The van der Waals surface area contributed by atoms with E-state index < -0.39 is 0 Å². The molecule has 0 aliphatic carbocycles. The molecule has 0 aliphatic rings. The van der Waals surface area contributed by atoms with Crippen molar-refractivity contribution in [1.29, 1.82) is 0 Å². The minimum Gasteiger partial charge on any atom is -0.361 e. The lowest BCUT2D eigenvalue weighted by Gasteiger charge is -2.16. The van der Waals surface area contributed by atoms with Gasteiger partial charge in [-0.15, -0.1) is 0 Å². The van der Waals surface area contributed by atoms with Crippen molar-refractivity contribution in [2.24, 2.45) is 0 Å². The summed E-state index contributed by atoms with van der Waals surface area (Å²) in [6, 6.07) is 7.29. The van der Waals surface area contributed by atoms with Crippen LogP contribution < -0.4 is 0 Å². The maximum Gasteiger partial charge on any atom is 0.255 e. The highest BCUT2D eigenvalue weighted by molar-refractivity contribution is 9.11. The summed E-state index contributed by atoms with van der Waals surface area (Å²) in [5.74, 6) is 0.667. The van der Waals surface area contributed by atoms with Gasteiger partial charge in [0.05, 0.1) is 12.1 Å². The third-order valence-electron chi connectivity index (χ3n) is 2.58.